The summed E-state index contributed by atoms with van der Waals surface area (Å²) in [5.41, 5.74) is 3.40. The van der Waals surface area contributed by atoms with Gasteiger partial charge in [0.15, 0.2) is 0 Å². The SMILES string of the molecule is O=C(O)[C@H]1C[C@@H]1c1ccc(NCc2cccc(Sc3ccccc3)c2)cc1. The summed E-state index contributed by atoms with van der Waals surface area (Å²) in [6.45, 7) is 0.754. The molecule has 0 radical (unpaired) electrons. The molecule has 0 amide bonds. The van der Waals surface area contributed by atoms with Crippen molar-refractivity contribution in [3.63, 3.8) is 0 Å². The highest BCUT2D eigenvalue weighted by Crippen LogP contribution is 2.47. The van der Waals surface area contributed by atoms with Gasteiger partial charge in [0.05, 0.1) is 5.92 Å². The summed E-state index contributed by atoms with van der Waals surface area (Å²) in [6.07, 6.45) is 0.758. The number of carboxylic acid groups (broad SMARTS) is 1. The topological polar surface area (TPSA) is 49.3 Å². The van der Waals surface area contributed by atoms with Crippen LogP contribution in [0.25, 0.3) is 0 Å². The van der Waals surface area contributed by atoms with E-state index in [0.717, 1.165) is 24.2 Å². The first-order valence-corrected chi connectivity index (χ1v) is 9.89. The minimum absolute atomic E-state index is 0.184. The van der Waals surface area contributed by atoms with Gasteiger partial charge in [-0.2, -0.15) is 0 Å². The van der Waals surface area contributed by atoms with Gasteiger partial charge < -0.3 is 10.4 Å². The summed E-state index contributed by atoms with van der Waals surface area (Å²) in [7, 11) is 0. The van der Waals surface area contributed by atoms with Gasteiger partial charge in [0.25, 0.3) is 0 Å². The predicted molar refractivity (Wildman–Crippen MR) is 109 cm³/mol. The van der Waals surface area contributed by atoms with Gasteiger partial charge >= 0.3 is 5.97 Å². The molecule has 0 aliphatic heterocycles. The molecular formula is C23H21NO2S. The van der Waals surface area contributed by atoms with E-state index in [1.54, 1.807) is 11.8 Å². The molecule has 0 saturated heterocycles. The maximum atomic E-state index is 11.0. The minimum Gasteiger partial charge on any atom is -0.481 e. The monoisotopic (exact) mass is 375 g/mol. The highest BCUT2D eigenvalue weighted by molar-refractivity contribution is 7.99. The largest absolute Gasteiger partial charge is 0.481 e. The zero-order valence-corrected chi connectivity index (χ0v) is 15.7. The van der Waals surface area contributed by atoms with Crippen LogP contribution in [-0.2, 0) is 11.3 Å². The van der Waals surface area contributed by atoms with E-state index in [1.807, 2.05) is 30.3 Å². The van der Waals surface area contributed by atoms with Gasteiger partial charge in [-0.3, -0.25) is 4.79 Å². The third-order valence-electron chi connectivity index (χ3n) is 4.82. The Morgan fingerprint density at radius 2 is 1.70 bits per heavy atom. The number of hydrogen-bond acceptors (Lipinski definition) is 3. The molecular weight excluding hydrogens is 354 g/mol. The van der Waals surface area contributed by atoms with Crippen molar-refractivity contribution >= 4 is 23.4 Å². The third-order valence-corrected chi connectivity index (χ3v) is 5.82. The highest BCUT2D eigenvalue weighted by Gasteiger charge is 2.43. The van der Waals surface area contributed by atoms with Gasteiger partial charge in [-0.1, -0.05) is 54.2 Å². The fourth-order valence-electron chi connectivity index (χ4n) is 3.23. The molecule has 1 saturated carbocycles. The second-order valence-electron chi connectivity index (χ2n) is 6.83. The summed E-state index contributed by atoms with van der Waals surface area (Å²) >= 11 is 1.76. The van der Waals surface area contributed by atoms with Gasteiger partial charge in [0, 0.05) is 22.0 Å². The molecule has 4 heteroatoms. The van der Waals surface area contributed by atoms with Crippen molar-refractivity contribution in [2.24, 2.45) is 5.92 Å². The lowest BCUT2D eigenvalue weighted by molar-refractivity contribution is -0.138. The van der Waals surface area contributed by atoms with E-state index < -0.39 is 5.97 Å². The van der Waals surface area contributed by atoms with Crippen LogP contribution in [0.4, 0.5) is 5.69 Å². The minimum atomic E-state index is -0.685. The molecule has 3 aromatic rings. The fraction of sp³-hybridized carbons (Fsp3) is 0.174. The summed E-state index contributed by atoms with van der Waals surface area (Å²) in [4.78, 5) is 13.5. The standard InChI is InChI=1S/C23H21NO2S/c25-23(26)22-14-21(22)17-9-11-18(12-10-17)24-15-16-5-4-8-20(13-16)27-19-6-2-1-3-7-19/h1-13,21-22,24H,14-15H2,(H,25,26)/t21-,22+/m1/s1. The van der Waals surface area contributed by atoms with Crippen molar-refractivity contribution in [2.45, 2.75) is 28.7 Å². The Balaban J connectivity index is 1.35. The van der Waals surface area contributed by atoms with Crippen molar-refractivity contribution in [1.29, 1.82) is 0 Å². The van der Waals surface area contributed by atoms with Crippen LogP contribution in [0, 0.1) is 5.92 Å². The Morgan fingerprint density at radius 1 is 0.963 bits per heavy atom. The lowest BCUT2D eigenvalue weighted by atomic mass is 10.1. The number of carboxylic acids is 1. The average Bonchev–Trinajstić information content (AvgIpc) is 3.49. The maximum Gasteiger partial charge on any atom is 0.307 e. The number of anilines is 1. The highest BCUT2D eigenvalue weighted by atomic mass is 32.2. The van der Waals surface area contributed by atoms with Crippen LogP contribution in [-0.4, -0.2) is 11.1 Å². The molecule has 136 valence electrons. The van der Waals surface area contributed by atoms with Gasteiger partial charge in [-0.05, 0) is 59.9 Å². The Bertz CT molecular complexity index is 925. The molecule has 0 spiro atoms. The number of nitrogens with one attached hydrogen (secondary N) is 1. The van der Waals surface area contributed by atoms with Gasteiger partial charge in [0.2, 0.25) is 0 Å². The summed E-state index contributed by atoms with van der Waals surface area (Å²) in [5, 5.41) is 12.5. The lowest BCUT2D eigenvalue weighted by Gasteiger charge is -2.09. The quantitative estimate of drug-likeness (QED) is 0.561. The normalized spacial score (nSPS) is 18.1. The summed E-state index contributed by atoms with van der Waals surface area (Å²) in [6, 6.07) is 27.1. The molecule has 2 N–H and O–H groups in total. The molecule has 27 heavy (non-hydrogen) atoms. The lowest BCUT2D eigenvalue weighted by Crippen LogP contribution is -2.00. The van der Waals surface area contributed by atoms with Crippen molar-refractivity contribution in [2.75, 3.05) is 5.32 Å². The number of carbonyl (C=O) groups is 1. The van der Waals surface area contributed by atoms with Crippen LogP contribution < -0.4 is 5.32 Å². The molecule has 0 unspecified atom stereocenters. The second-order valence-corrected chi connectivity index (χ2v) is 7.97. The number of rotatable bonds is 7. The van der Waals surface area contributed by atoms with E-state index in [0.29, 0.717) is 0 Å². The van der Waals surface area contributed by atoms with Gasteiger partial charge in [-0.15, -0.1) is 0 Å². The Hall–Kier alpha value is -2.72. The summed E-state index contributed by atoms with van der Waals surface area (Å²) < 4.78 is 0. The molecule has 1 aliphatic carbocycles. The van der Waals surface area contributed by atoms with Crippen LogP contribution >= 0.6 is 11.8 Å². The first-order chi connectivity index (χ1) is 13.2. The molecule has 3 nitrogen and oxygen atoms in total. The number of hydrogen-bond donors (Lipinski definition) is 2. The van der Waals surface area contributed by atoms with Crippen LogP contribution in [0.3, 0.4) is 0 Å². The van der Waals surface area contributed by atoms with Crippen molar-refractivity contribution in [3.8, 4) is 0 Å². The van der Waals surface area contributed by atoms with E-state index in [9.17, 15) is 4.79 Å². The average molecular weight is 375 g/mol. The van der Waals surface area contributed by atoms with E-state index >= 15 is 0 Å². The molecule has 0 heterocycles. The van der Waals surface area contributed by atoms with Crippen LogP contribution in [0.1, 0.15) is 23.5 Å². The first kappa shape index (κ1) is 17.7. The smallest absolute Gasteiger partial charge is 0.307 e. The van der Waals surface area contributed by atoms with Crippen LogP contribution in [0.2, 0.25) is 0 Å². The van der Waals surface area contributed by atoms with Crippen molar-refractivity contribution in [3.05, 3.63) is 90.0 Å². The van der Waals surface area contributed by atoms with E-state index in [2.05, 4.69) is 53.8 Å². The predicted octanol–water partition coefficient (Wildman–Crippen LogP) is 5.64. The molecule has 1 aliphatic rings. The Labute approximate surface area is 163 Å². The molecule has 4 rings (SSSR count). The van der Waals surface area contributed by atoms with Crippen molar-refractivity contribution in [1.82, 2.24) is 0 Å². The summed E-state index contributed by atoms with van der Waals surface area (Å²) in [5.74, 6) is -0.702. The molecule has 0 bridgehead atoms. The zero-order chi connectivity index (χ0) is 18.6. The van der Waals surface area contributed by atoms with E-state index in [-0.39, 0.29) is 11.8 Å². The molecule has 1 fully saturated rings. The molecule has 0 aromatic heterocycles. The molecule has 3 aromatic carbocycles. The first-order valence-electron chi connectivity index (χ1n) is 9.07. The maximum absolute atomic E-state index is 11.0. The second kappa shape index (κ2) is 7.89. The Morgan fingerprint density at radius 3 is 2.41 bits per heavy atom. The number of aliphatic carboxylic acids is 1. The van der Waals surface area contributed by atoms with Gasteiger partial charge in [0.1, 0.15) is 0 Å². The molecule has 2 atom stereocenters. The van der Waals surface area contributed by atoms with Crippen LogP contribution in [0.5, 0.6) is 0 Å². The van der Waals surface area contributed by atoms with E-state index in [1.165, 1.54) is 15.4 Å². The third kappa shape index (κ3) is 4.52. The zero-order valence-electron chi connectivity index (χ0n) is 14.8. The van der Waals surface area contributed by atoms with Gasteiger partial charge in [-0.25, -0.2) is 0 Å². The number of benzene rings is 3. The fourth-order valence-corrected chi connectivity index (χ4v) is 4.15. The van der Waals surface area contributed by atoms with Crippen LogP contribution in [0.15, 0.2) is 88.7 Å². The van der Waals surface area contributed by atoms with Crippen molar-refractivity contribution < 1.29 is 9.90 Å². The van der Waals surface area contributed by atoms with E-state index in [4.69, 9.17) is 5.11 Å². The Kier molecular flexibility index (Phi) is 5.16.